The van der Waals surface area contributed by atoms with E-state index < -0.39 is 19.1 Å². The van der Waals surface area contributed by atoms with E-state index in [2.05, 4.69) is 15.0 Å². The highest BCUT2D eigenvalue weighted by Crippen LogP contribution is 2.49. The van der Waals surface area contributed by atoms with Crippen molar-refractivity contribution in [2.24, 2.45) is 0 Å². The maximum absolute atomic E-state index is 10.6. The SMILES string of the molecule is CCC1=C(OP(O)(=S)OC)C(O)[C@H](n2cnc3c(N)ncnc32)O1. The Kier molecular flexibility index (Phi) is 4.45. The lowest BCUT2D eigenvalue weighted by atomic mass is 10.2. The largest absolute Gasteiger partial charge is 0.467 e. The number of nitrogen functional groups attached to an aromatic ring is 1. The topological polar surface area (TPSA) is 138 Å². The molecule has 0 saturated carbocycles. The van der Waals surface area contributed by atoms with Crippen LogP contribution in [-0.4, -0.2) is 42.7 Å². The van der Waals surface area contributed by atoms with Crippen molar-refractivity contribution in [2.75, 3.05) is 12.8 Å². The number of nitrogens with zero attached hydrogens (tertiary/aromatic N) is 4. The maximum atomic E-state index is 10.6. The van der Waals surface area contributed by atoms with Crippen LogP contribution in [0.5, 0.6) is 0 Å². The maximum Gasteiger partial charge on any atom is 0.377 e. The van der Waals surface area contributed by atoms with Gasteiger partial charge in [0.05, 0.1) is 0 Å². The van der Waals surface area contributed by atoms with E-state index in [1.807, 2.05) is 6.92 Å². The van der Waals surface area contributed by atoms with Crippen LogP contribution in [0.3, 0.4) is 0 Å². The van der Waals surface area contributed by atoms with E-state index in [1.165, 1.54) is 24.3 Å². The Morgan fingerprint density at radius 3 is 2.88 bits per heavy atom. The van der Waals surface area contributed by atoms with Crippen molar-refractivity contribution in [1.29, 1.82) is 0 Å². The lowest BCUT2D eigenvalue weighted by Gasteiger charge is -2.19. The van der Waals surface area contributed by atoms with Gasteiger partial charge in [-0.3, -0.25) is 4.57 Å². The molecule has 0 saturated heterocycles. The third-order valence-electron chi connectivity index (χ3n) is 3.50. The van der Waals surface area contributed by atoms with E-state index in [1.54, 1.807) is 0 Å². The van der Waals surface area contributed by atoms with Gasteiger partial charge in [0.25, 0.3) is 0 Å². The fourth-order valence-corrected chi connectivity index (χ4v) is 3.13. The van der Waals surface area contributed by atoms with E-state index in [0.717, 1.165) is 0 Å². The van der Waals surface area contributed by atoms with E-state index >= 15 is 0 Å². The van der Waals surface area contributed by atoms with Crippen LogP contribution in [-0.2, 0) is 25.6 Å². The van der Waals surface area contributed by atoms with Gasteiger partial charge in [0.2, 0.25) is 6.23 Å². The molecule has 1 aliphatic rings. The molecule has 4 N–H and O–H groups in total. The number of fused-ring (bicyclic) bond motifs is 1. The first-order valence-corrected chi connectivity index (χ1v) is 9.56. The number of nitrogens with two attached hydrogens (primary N) is 1. The minimum atomic E-state index is -3.50. The predicted octanol–water partition coefficient (Wildman–Crippen LogP) is 0.800. The summed E-state index contributed by atoms with van der Waals surface area (Å²) in [5, 5.41) is 10.6. The van der Waals surface area contributed by atoms with E-state index in [-0.39, 0.29) is 11.6 Å². The molecule has 3 rings (SSSR count). The van der Waals surface area contributed by atoms with Crippen molar-refractivity contribution in [3.8, 4) is 0 Å². The second-order valence-corrected chi connectivity index (χ2v) is 7.79. The minimum Gasteiger partial charge on any atom is -0.467 e. The molecule has 10 nitrogen and oxygen atoms in total. The summed E-state index contributed by atoms with van der Waals surface area (Å²) in [6.45, 7) is -1.69. The molecule has 0 amide bonds. The number of aliphatic hydroxyl groups is 1. The van der Waals surface area contributed by atoms with Crippen LogP contribution in [0.15, 0.2) is 24.2 Å². The number of aromatic nitrogens is 4. The van der Waals surface area contributed by atoms with Crippen LogP contribution in [0.2, 0.25) is 0 Å². The molecular weight excluding hydrogens is 357 g/mol. The second-order valence-electron chi connectivity index (χ2n) is 4.92. The molecule has 2 aromatic rings. The van der Waals surface area contributed by atoms with Gasteiger partial charge >= 0.3 is 6.72 Å². The zero-order chi connectivity index (χ0) is 17.5. The van der Waals surface area contributed by atoms with Crippen LogP contribution in [0, 0.1) is 0 Å². The molecule has 24 heavy (non-hydrogen) atoms. The van der Waals surface area contributed by atoms with Crippen LogP contribution >= 0.6 is 6.72 Å². The lowest BCUT2D eigenvalue weighted by molar-refractivity contribution is -0.00684. The highest BCUT2D eigenvalue weighted by Gasteiger charge is 2.41. The van der Waals surface area contributed by atoms with Crippen LogP contribution in [0.25, 0.3) is 11.2 Å². The van der Waals surface area contributed by atoms with Crippen molar-refractivity contribution in [2.45, 2.75) is 25.7 Å². The summed E-state index contributed by atoms with van der Waals surface area (Å²) in [6.07, 6.45) is 1.04. The first-order valence-electron chi connectivity index (χ1n) is 6.96. The molecule has 3 heterocycles. The van der Waals surface area contributed by atoms with Crippen molar-refractivity contribution in [1.82, 2.24) is 19.5 Å². The summed E-state index contributed by atoms with van der Waals surface area (Å²) in [5.74, 6) is 0.618. The van der Waals surface area contributed by atoms with Gasteiger partial charge in [-0.15, -0.1) is 0 Å². The van der Waals surface area contributed by atoms with Crippen LogP contribution in [0.4, 0.5) is 5.82 Å². The summed E-state index contributed by atoms with van der Waals surface area (Å²) in [7, 11) is 1.23. The Morgan fingerprint density at radius 2 is 2.21 bits per heavy atom. The first kappa shape index (κ1) is 17.1. The third-order valence-corrected chi connectivity index (χ3v) is 5.06. The summed E-state index contributed by atoms with van der Waals surface area (Å²) in [4.78, 5) is 22.0. The van der Waals surface area contributed by atoms with Crippen molar-refractivity contribution in [3.05, 3.63) is 24.2 Å². The number of hydrogen-bond acceptors (Lipinski definition) is 9. The van der Waals surface area contributed by atoms with Crippen molar-refractivity contribution >= 4 is 35.5 Å². The highest BCUT2D eigenvalue weighted by atomic mass is 32.5. The first-order chi connectivity index (χ1) is 11.4. The number of aliphatic hydroxyl groups excluding tert-OH is 1. The van der Waals surface area contributed by atoms with E-state index in [9.17, 15) is 10.00 Å². The van der Waals surface area contributed by atoms with Crippen LogP contribution in [0.1, 0.15) is 19.6 Å². The van der Waals surface area contributed by atoms with Gasteiger partial charge < -0.3 is 29.5 Å². The molecule has 12 heteroatoms. The van der Waals surface area contributed by atoms with E-state index in [4.69, 9.17) is 31.3 Å². The Bertz CT molecular complexity index is 855. The molecular formula is C12H16N5O5PS. The van der Waals surface area contributed by atoms with Crippen LogP contribution < -0.4 is 5.73 Å². The number of anilines is 1. The summed E-state index contributed by atoms with van der Waals surface area (Å²) < 4.78 is 17.3. The fraction of sp³-hybridized carbons (Fsp3) is 0.417. The Labute approximate surface area is 142 Å². The quantitative estimate of drug-likeness (QED) is 0.645. The molecule has 0 radical (unpaired) electrons. The Hall–Kier alpha value is -1.78. The van der Waals surface area contributed by atoms with Gasteiger partial charge in [0.1, 0.15) is 23.9 Å². The molecule has 2 aromatic heterocycles. The van der Waals surface area contributed by atoms with Gasteiger partial charge in [-0.25, -0.2) is 15.0 Å². The second kappa shape index (κ2) is 6.26. The van der Waals surface area contributed by atoms with Gasteiger partial charge in [0, 0.05) is 25.3 Å². The fourth-order valence-electron chi connectivity index (χ4n) is 2.35. The molecule has 0 fully saturated rings. The van der Waals surface area contributed by atoms with Gasteiger partial charge in [-0.05, 0) is 0 Å². The summed E-state index contributed by atoms with van der Waals surface area (Å²) in [5.41, 5.74) is 6.56. The molecule has 0 spiro atoms. The monoisotopic (exact) mass is 373 g/mol. The predicted molar refractivity (Wildman–Crippen MR) is 87.8 cm³/mol. The summed E-state index contributed by atoms with van der Waals surface area (Å²) in [6, 6.07) is 0. The van der Waals surface area contributed by atoms with Gasteiger partial charge in [-0.1, -0.05) is 6.92 Å². The minimum absolute atomic E-state index is 0.0408. The number of allylic oxidation sites excluding steroid dienone is 1. The number of hydrogen-bond donors (Lipinski definition) is 3. The Balaban J connectivity index is 1.97. The normalized spacial score (nSPS) is 23.3. The number of ether oxygens (including phenoxy) is 1. The van der Waals surface area contributed by atoms with Gasteiger partial charge in [-0.2, -0.15) is 0 Å². The molecule has 130 valence electrons. The number of imidazole rings is 1. The zero-order valence-corrected chi connectivity index (χ0v) is 14.6. The molecule has 1 aliphatic heterocycles. The molecule has 3 atom stereocenters. The van der Waals surface area contributed by atoms with Crippen molar-refractivity contribution < 1.29 is 23.8 Å². The third kappa shape index (κ3) is 2.85. The zero-order valence-electron chi connectivity index (χ0n) is 12.9. The average molecular weight is 373 g/mol. The van der Waals surface area contributed by atoms with Crippen molar-refractivity contribution in [3.63, 3.8) is 0 Å². The number of rotatable bonds is 5. The van der Waals surface area contributed by atoms with Gasteiger partial charge in [0.15, 0.2) is 23.3 Å². The molecule has 2 unspecified atom stereocenters. The standard InChI is InChI=1S/C12H16N5O5PS/c1-3-6-9(22-23(19,24)20-2)8(18)12(21-6)17-5-16-7-10(13)14-4-15-11(7)17/h4-5,8,12,18H,3H2,1-2H3,(H,19,24)(H2,13,14,15)/t8?,12-,23?/m1/s1. The molecule has 0 aliphatic carbocycles. The Morgan fingerprint density at radius 1 is 1.46 bits per heavy atom. The highest BCUT2D eigenvalue weighted by molar-refractivity contribution is 8.07. The molecule has 0 bridgehead atoms. The average Bonchev–Trinajstić information content (AvgIpc) is 3.10. The summed E-state index contributed by atoms with van der Waals surface area (Å²) >= 11 is 4.83. The molecule has 0 aromatic carbocycles. The van der Waals surface area contributed by atoms with E-state index in [0.29, 0.717) is 23.3 Å². The lowest BCUT2D eigenvalue weighted by Crippen LogP contribution is -2.23. The smallest absolute Gasteiger partial charge is 0.377 e.